The van der Waals surface area contributed by atoms with Crippen molar-refractivity contribution < 1.29 is 23.1 Å². The number of benzene rings is 2. The molecule has 0 aromatic heterocycles. The van der Waals surface area contributed by atoms with Crippen LogP contribution in [0.5, 0.6) is 5.75 Å². The minimum Gasteiger partial charge on any atom is -0.434 e. The Bertz CT molecular complexity index is 858. The van der Waals surface area contributed by atoms with Gasteiger partial charge in [-0.15, -0.1) is 0 Å². The molecular weight excluding hydrogens is 356 g/mol. The number of nitrogens with one attached hydrogen (secondary N) is 2. The van der Waals surface area contributed by atoms with Crippen molar-refractivity contribution in [2.45, 2.75) is 20.1 Å². The van der Waals surface area contributed by atoms with E-state index in [1.54, 1.807) is 41.3 Å². The predicted molar refractivity (Wildman–Crippen MR) is 96.2 cm³/mol. The van der Waals surface area contributed by atoms with Gasteiger partial charge in [0.05, 0.1) is 0 Å². The van der Waals surface area contributed by atoms with Crippen LogP contribution >= 0.6 is 0 Å². The summed E-state index contributed by atoms with van der Waals surface area (Å²) < 4.78 is 29.4. The van der Waals surface area contributed by atoms with E-state index in [9.17, 15) is 18.4 Å². The first-order valence-electron chi connectivity index (χ1n) is 8.42. The Balaban J connectivity index is 1.68. The Hall–Kier alpha value is -3.16. The molecule has 0 spiro atoms. The molecule has 1 heterocycles. The number of nitrogens with zero attached hydrogens (tertiary/aromatic N) is 1. The fraction of sp³-hybridized carbons (Fsp3) is 0.263. The molecule has 3 rings (SSSR count). The van der Waals surface area contributed by atoms with Crippen molar-refractivity contribution in [2.24, 2.45) is 0 Å². The van der Waals surface area contributed by atoms with Gasteiger partial charge < -0.3 is 15.4 Å². The number of alkyl halides is 2. The molecule has 0 saturated carbocycles. The minimum atomic E-state index is -2.93. The van der Waals surface area contributed by atoms with E-state index in [1.807, 2.05) is 6.92 Å². The number of carbonyl (C=O) groups is 2. The Morgan fingerprint density at radius 3 is 2.74 bits per heavy atom. The summed E-state index contributed by atoms with van der Waals surface area (Å²) in [6, 6.07) is 11.2. The second kappa shape index (κ2) is 8.03. The molecule has 0 unspecified atom stereocenters. The van der Waals surface area contributed by atoms with E-state index in [-0.39, 0.29) is 24.2 Å². The zero-order valence-corrected chi connectivity index (χ0v) is 14.7. The number of para-hydroxylation sites is 1. The number of hydrogen-bond donors (Lipinski definition) is 2. The monoisotopic (exact) mass is 375 g/mol. The molecule has 27 heavy (non-hydrogen) atoms. The Morgan fingerprint density at radius 2 is 2.07 bits per heavy atom. The molecule has 1 saturated heterocycles. The molecule has 2 aromatic carbocycles. The van der Waals surface area contributed by atoms with E-state index in [0.29, 0.717) is 24.2 Å². The maximum Gasteiger partial charge on any atom is 0.387 e. The van der Waals surface area contributed by atoms with Crippen LogP contribution in [0.2, 0.25) is 0 Å². The van der Waals surface area contributed by atoms with Crippen LogP contribution in [0.15, 0.2) is 42.5 Å². The number of ether oxygens (including phenoxy) is 1. The maximum absolute atomic E-state index is 12.5. The summed E-state index contributed by atoms with van der Waals surface area (Å²) in [6.45, 7) is 0.104. The third kappa shape index (κ3) is 4.33. The van der Waals surface area contributed by atoms with Gasteiger partial charge in [-0.1, -0.05) is 18.2 Å². The SMILES string of the molecule is Cc1cc(C(=O)NCc2ccccc2OC(F)F)ccc1N1CCNC1=O. The highest BCUT2D eigenvalue weighted by atomic mass is 19.3. The van der Waals surface area contributed by atoms with E-state index >= 15 is 0 Å². The van der Waals surface area contributed by atoms with Crippen molar-refractivity contribution in [3.8, 4) is 5.75 Å². The van der Waals surface area contributed by atoms with Crippen molar-refractivity contribution in [3.63, 3.8) is 0 Å². The van der Waals surface area contributed by atoms with Crippen LogP contribution in [-0.2, 0) is 6.54 Å². The highest BCUT2D eigenvalue weighted by Gasteiger charge is 2.23. The molecule has 8 heteroatoms. The first kappa shape index (κ1) is 18.6. The Morgan fingerprint density at radius 1 is 1.30 bits per heavy atom. The van der Waals surface area contributed by atoms with Crippen molar-refractivity contribution in [1.29, 1.82) is 0 Å². The smallest absolute Gasteiger partial charge is 0.387 e. The highest BCUT2D eigenvalue weighted by molar-refractivity contribution is 5.97. The zero-order chi connectivity index (χ0) is 19.4. The van der Waals surface area contributed by atoms with E-state index in [2.05, 4.69) is 15.4 Å². The Kier molecular flexibility index (Phi) is 5.54. The summed E-state index contributed by atoms with van der Waals surface area (Å²) in [5.74, 6) is -0.318. The van der Waals surface area contributed by atoms with Crippen LogP contribution in [0.3, 0.4) is 0 Å². The van der Waals surface area contributed by atoms with E-state index in [4.69, 9.17) is 0 Å². The molecule has 1 fully saturated rings. The molecule has 2 aromatic rings. The zero-order valence-electron chi connectivity index (χ0n) is 14.7. The van der Waals surface area contributed by atoms with Gasteiger partial charge >= 0.3 is 12.6 Å². The van der Waals surface area contributed by atoms with Gasteiger partial charge in [0.15, 0.2) is 0 Å². The maximum atomic E-state index is 12.5. The van der Waals surface area contributed by atoms with Gasteiger partial charge in [0, 0.05) is 36.4 Å². The first-order valence-corrected chi connectivity index (χ1v) is 8.42. The molecular formula is C19H19F2N3O3. The molecule has 0 radical (unpaired) electrons. The average molecular weight is 375 g/mol. The number of carbonyl (C=O) groups excluding carboxylic acids is 2. The summed E-state index contributed by atoms with van der Waals surface area (Å²) >= 11 is 0. The predicted octanol–water partition coefficient (Wildman–Crippen LogP) is 3.06. The van der Waals surface area contributed by atoms with Crippen LogP contribution in [-0.4, -0.2) is 31.6 Å². The normalized spacial score (nSPS) is 13.6. The van der Waals surface area contributed by atoms with Crippen LogP contribution < -0.4 is 20.3 Å². The van der Waals surface area contributed by atoms with E-state index in [1.165, 1.54) is 6.07 Å². The van der Waals surface area contributed by atoms with E-state index in [0.717, 1.165) is 11.3 Å². The van der Waals surface area contributed by atoms with Crippen LogP contribution in [0.1, 0.15) is 21.5 Å². The van der Waals surface area contributed by atoms with Crippen molar-refractivity contribution in [1.82, 2.24) is 10.6 Å². The van der Waals surface area contributed by atoms with Crippen LogP contribution in [0, 0.1) is 6.92 Å². The third-order valence-corrected chi connectivity index (χ3v) is 4.23. The third-order valence-electron chi connectivity index (χ3n) is 4.23. The fourth-order valence-corrected chi connectivity index (χ4v) is 2.94. The lowest BCUT2D eigenvalue weighted by molar-refractivity contribution is -0.0504. The lowest BCUT2D eigenvalue weighted by atomic mass is 10.1. The van der Waals surface area contributed by atoms with Gasteiger partial charge in [-0.25, -0.2) is 4.79 Å². The largest absolute Gasteiger partial charge is 0.434 e. The summed E-state index contributed by atoms with van der Waals surface area (Å²) in [7, 11) is 0. The second-order valence-corrected chi connectivity index (χ2v) is 6.05. The molecule has 0 atom stereocenters. The molecule has 1 aliphatic rings. The number of anilines is 1. The van der Waals surface area contributed by atoms with Crippen molar-refractivity contribution >= 4 is 17.6 Å². The molecule has 3 amide bonds. The minimum absolute atomic E-state index is 0.0272. The highest BCUT2D eigenvalue weighted by Crippen LogP contribution is 2.23. The standard InChI is InChI=1S/C19H19F2N3O3/c1-12-10-13(6-7-15(12)24-9-8-22-19(24)26)17(25)23-11-14-4-2-3-5-16(14)27-18(20)21/h2-7,10,18H,8-9,11H2,1H3,(H,22,26)(H,23,25). The molecule has 0 aliphatic carbocycles. The number of halogens is 2. The molecule has 0 bridgehead atoms. The van der Waals surface area contributed by atoms with Crippen LogP contribution in [0.4, 0.5) is 19.3 Å². The second-order valence-electron chi connectivity index (χ2n) is 6.05. The number of rotatable bonds is 6. The lowest BCUT2D eigenvalue weighted by Crippen LogP contribution is -2.28. The fourth-order valence-electron chi connectivity index (χ4n) is 2.94. The summed E-state index contributed by atoms with van der Waals surface area (Å²) in [5.41, 5.74) is 2.41. The summed E-state index contributed by atoms with van der Waals surface area (Å²) in [6.07, 6.45) is 0. The quantitative estimate of drug-likeness (QED) is 0.815. The lowest BCUT2D eigenvalue weighted by Gasteiger charge is -2.17. The van der Waals surface area contributed by atoms with Gasteiger partial charge in [-0.3, -0.25) is 9.69 Å². The molecule has 142 valence electrons. The number of aryl methyl sites for hydroxylation is 1. The van der Waals surface area contributed by atoms with Gasteiger partial charge in [-0.2, -0.15) is 8.78 Å². The first-order chi connectivity index (χ1) is 13.0. The van der Waals surface area contributed by atoms with Gasteiger partial charge in [0.25, 0.3) is 5.91 Å². The molecule has 6 nitrogen and oxygen atoms in total. The summed E-state index contributed by atoms with van der Waals surface area (Å²) in [4.78, 5) is 25.8. The Labute approximate surface area is 155 Å². The van der Waals surface area contributed by atoms with Crippen molar-refractivity contribution in [2.75, 3.05) is 18.0 Å². The van der Waals surface area contributed by atoms with E-state index < -0.39 is 6.61 Å². The average Bonchev–Trinajstić information content (AvgIpc) is 3.06. The number of hydrogen-bond acceptors (Lipinski definition) is 3. The number of amides is 3. The van der Waals surface area contributed by atoms with Crippen LogP contribution in [0.25, 0.3) is 0 Å². The number of urea groups is 1. The molecule has 2 N–H and O–H groups in total. The van der Waals surface area contributed by atoms with Crippen molar-refractivity contribution in [3.05, 3.63) is 59.2 Å². The molecule has 1 aliphatic heterocycles. The van der Waals surface area contributed by atoms with Gasteiger partial charge in [0.1, 0.15) is 5.75 Å². The van der Waals surface area contributed by atoms with Gasteiger partial charge in [0.2, 0.25) is 0 Å². The topological polar surface area (TPSA) is 70.7 Å². The van der Waals surface area contributed by atoms with Gasteiger partial charge in [-0.05, 0) is 36.8 Å². The summed E-state index contributed by atoms with van der Waals surface area (Å²) in [5, 5.41) is 5.43.